The Labute approximate surface area is 132 Å². The van der Waals surface area contributed by atoms with Crippen molar-refractivity contribution in [1.82, 2.24) is 4.90 Å². The quantitative estimate of drug-likeness (QED) is 0.839. The molecule has 2 heteroatoms. The Kier molecular flexibility index (Phi) is 3.61. The van der Waals surface area contributed by atoms with Crippen LogP contribution in [0, 0.1) is 0 Å². The number of benzene rings is 2. The topological polar surface area (TPSA) is 20.3 Å². The van der Waals surface area contributed by atoms with Crippen LogP contribution >= 0.6 is 0 Å². The van der Waals surface area contributed by atoms with Gasteiger partial charge in [0.05, 0.1) is 6.04 Å². The van der Waals surface area contributed by atoms with Crippen LogP contribution < -0.4 is 0 Å². The molecule has 112 valence electrons. The lowest BCUT2D eigenvalue weighted by molar-refractivity contribution is -0.122. The van der Waals surface area contributed by atoms with Crippen LogP contribution in [0.1, 0.15) is 25.0 Å². The van der Waals surface area contributed by atoms with Crippen molar-refractivity contribution in [2.24, 2.45) is 0 Å². The van der Waals surface area contributed by atoms with E-state index in [2.05, 4.69) is 35.2 Å². The molecule has 1 aliphatic heterocycles. The number of rotatable bonds is 2. The Hall–Kier alpha value is -2.35. The minimum Gasteiger partial charge on any atom is -0.367 e. The number of hydrogen-bond acceptors (Lipinski definition) is 2. The third kappa shape index (κ3) is 1.83. The molecule has 0 radical (unpaired) electrons. The molecule has 0 bridgehead atoms. The number of likely N-dealkylation sites (N-methyl/N-ethyl adjacent to an activating group) is 1. The first-order valence-electron chi connectivity index (χ1n) is 7.69. The van der Waals surface area contributed by atoms with Crippen LogP contribution in [0.3, 0.4) is 0 Å². The molecular weight excluding hydrogens is 270 g/mol. The molecule has 0 amide bonds. The molecule has 1 atom stereocenters. The Morgan fingerprint density at radius 3 is 1.82 bits per heavy atom. The predicted molar refractivity (Wildman–Crippen MR) is 89.7 cm³/mol. The van der Waals surface area contributed by atoms with Crippen LogP contribution in [-0.2, 0) is 10.2 Å². The van der Waals surface area contributed by atoms with Gasteiger partial charge in [0.25, 0.3) is 0 Å². The Morgan fingerprint density at radius 1 is 0.955 bits per heavy atom. The standard InChI is InChI=1S/C20H21NO/c1-4-18-20(16-11-7-5-8-12-16,17-13-9-6-10-14-17)19(22)15(2)21(18)3/h4-15H,1-3H3/b18-4-. The smallest absolute Gasteiger partial charge is 0.175 e. The largest absolute Gasteiger partial charge is 0.367 e. The average molecular weight is 291 g/mol. The summed E-state index contributed by atoms with van der Waals surface area (Å²) >= 11 is 0. The highest BCUT2D eigenvalue weighted by molar-refractivity contribution is 6.03. The first-order valence-corrected chi connectivity index (χ1v) is 7.69. The zero-order valence-corrected chi connectivity index (χ0v) is 13.3. The van der Waals surface area contributed by atoms with Crippen molar-refractivity contribution >= 4 is 5.78 Å². The second-order valence-electron chi connectivity index (χ2n) is 5.81. The Morgan fingerprint density at radius 2 is 1.41 bits per heavy atom. The van der Waals surface area contributed by atoms with E-state index in [1.54, 1.807) is 0 Å². The van der Waals surface area contributed by atoms with E-state index in [9.17, 15) is 4.79 Å². The molecule has 0 aliphatic carbocycles. The summed E-state index contributed by atoms with van der Waals surface area (Å²) in [5, 5.41) is 0. The normalized spacial score (nSPS) is 22.3. The number of carbonyl (C=O) groups excluding carboxylic acids is 1. The van der Waals surface area contributed by atoms with Gasteiger partial charge in [0.2, 0.25) is 0 Å². The number of carbonyl (C=O) groups is 1. The molecule has 1 unspecified atom stereocenters. The molecule has 0 N–H and O–H groups in total. The summed E-state index contributed by atoms with van der Waals surface area (Å²) in [5.41, 5.74) is 2.43. The Balaban J connectivity index is 2.37. The van der Waals surface area contributed by atoms with Gasteiger partial charge in [-0.3, -0.25) is 4.79 Å². The van der Waals surface area contributed by atoms with E-state index in [-0.39, 0.29) is 11.8 Å². The molecular formula is C20H21NO. The minimum absolute atomic E-state index is 0.133. The van der Waals surface area contributed by atoms with Gasteiger partial charge in [-0.25, -0.2) is 0 Å². The molecule has 2 aromatic carbocycles. The van der Waals surface area contributed by atoms with E-state index in [4.69, 9.17) is 0 Å². The van der Waals surface area contributed by atoms with Crippen LogP contribution in [-0.4, -0.2) is 23.8 Å². The molecule has 1 saturated heterocycles. The van der Waals surface area contributed by atoms with Gasteiger partial charge in [-0.15, -0.1) is 0 Å². The average Bonchev–Trinajstić information content (AvgIpc) is 2.78. The number of Topliss-reactive ketones (excluding diaryl/α,β-unsaturated/α-hetero) is 1. The van der Waals surface area contributed by atoms with Gasteiger partial charge in [-0.2, -0.15) is 0 Å². The molecule has 1 aliphatic rings. The molecule has 22 heavy (non-hydrogen) atoms. The summed E-state index contributed by atoms with van der Waals surface area (Å²) in [6.07, 6.45) is 2.07. The Bertz CT molecular complexity index is 664. The summed E-state index contributed by atoms with van der Waals surface area (Å²) in [6.45, 7) is 4.00. The van der Waals surface area contributed by atoms with Gasteiger partial charge in [0, 0.05) is 12.7 Å². The van der Waals surface area contributed by atoms with Crippen LogP contribution in [0.4, 0.5) is 0 Å². The van der Waals surface area contributed by atoms with Gasteiger partial charge in [0.15, 0.2) is 5.78 Å². The van der Waals surface area contributed by atoms with Crippen molar-refractivity contribution in [1.29, 1.82) is 0 Å². The molecule has 0 saturated carbocycles. The maximum atomic E-state index is 13.3. The summed E-state index contributed by atoms with van der Waals surface area (Å²) in [4.78, 5) is 15.4. The van der Waals surface area contributed by atoms with E-state index in [1.165, 1.54) is 0 Å². The van der Waals surface area contributed by atoms with Crippen molar-refractivity contribution in [2.75, 3.05) is 7.05 Å². The van der Waals surface area contributed by atoms with Crippen molar-refractivity contribution in [3.05, 3.63) is 83.6 Å². The maximum Gasteiger partial charge on any atom is 0.175 e. The number of likely N-dealkylation sites (tertiary alicyclic amines) is 1. The van der Waals surface area contributed by atoms with E-state index in [1.807, 2.05) is 57.3 Å². The number of nitrogens with zero attached hydrogens (tertiary/aromatic N) is 1. The first kappa shape index (κ1) is 14.6. The molecule has 3 rings (SSSR count). The van der Waals surface area contributed by atoms with E-state index in [0.717, 1.165) is 16.8 Å². The number of ketones is 1. The van der Waals surface area contributed by atoms with Crippen LogP contribution in [0.5, 0.6) is 0 Å². The SMILES string of the molecule is C/C=C1\N(C)C(C)C(=O)C1(c1ccccc1)c1ccccc1. The molecule has 0 aromatic heterocycles. The lowest BCUT2D eigenvalue weighted by Gasteiger charge is -2.31. The highest BCUT2D eigenvalue weighted by Crippen LogP contribution is 2.47. The fourth-order valence-electron chi connectivity index (χ4n) is 3.63. The van der Waals surface area contributed by atoms with E-state index < -0.39 is 5.41 Å². The molecule has 1 fully saturated rings. The van der Waals surface area contributed by atoms with Crippen molar-refractivity contribution < 1.29 is 4.79 Å². The third-order valence-electron chi connectivity index (χ3n) is 4.78. The summed E-state index contributed by atoms with van der Waals surface area (Å²) in [7, 11) is 2.01. The van der Waals surface area contributed by atoms with Crippen LogP contribution in [0.15, 0.2) is 72.4 Å². The van der Waals surface area contributed by atoms with Crippen molar-refractivity contribution in [3.8, 4) is 0 Å². The molecule has 2 aromatic rings. The maximum absolute atomic E-state index is 13.3. The van der Waals surface area contributed by atoms with E-state index in [0.29, 0.717) is 0 Å². The van der Waals surface area contributed by atoms with Gasteiger partial charge in [0.1, 0.15) is 5.41 Å². The molecule has 1 heterocycles. The highest BCUT2D eigenvalue weighted by atomic mass is 16.1. The summed E-state index contributed by atoms with van der Waals surface area (Å²) < 4.78 is 0. The summed E-state index contributed by atoms with van der Waals surface area (Å²) in [5.74, 6) is 0.237. The predicted octanol–water partition coefficient (Wildman–Crippen LogP) is 3.78. The van der Waals surface area contributed by atoms with Crippen molar-refractivity contribution in [2.45, 2.75) is 25.3 Å². The zero-order valence-electron chi connectivity index (χ0n) is 13.3. The lowest BCUT2D eigenvalue weighted by atomic mass is 9.70. The summed E-state index contributed by atoms with van der Waals surface area (Å²) in [6, 6.07) is 20.1. The zero-order chi connectivity index (χ0) is 15.7. The first-order chi connectivity index (χ1) is 10.6. The fraction of sp³-hybridized carbons (Fsp3) is 0.250. The van der Waals surface area contributed by atoms with Gasteiger partial charge >= 0.3 is 0 Å². The molecule has 2 nitrogen and oxygen atoms in total. The minimum atomic E-state index is -0.703. The number of allylic oxidation sites excluding steroid dienone is 2. The van der Waals surface area contributed by atoms with Gasteiger partial charge < -0.3 is 4.90 Å². The molecule has 0 spiro atoms. The van der Waals surface area contributed by atoms with E-state index >= 15 is 0 Å². The second-order valence-corrected chi connectivity index (χ2v) is 5.81. The van der Waals surface area contributed by atoms with Gasteiger partial charge in [-0.1, -0.05) is 66.7 Å². The van der Waals surface area contributed by atoms with Crippen LogP contribution in [0.25, 0.3) is 0 Å². The van der Waals surface area contributed by atoms with Crippen LogP contribution in [0.2, 0.25) is 0 Å². The van der Waals surface area contributed by atoms with Crippen molar-refractivity contribution in [3.63, 3.8) is 0 Å². The second kappa shape index (κ2) is 5.45. The fourth-order valence-corrected chi connectivity index (χ4v) is 3.63. The monoisotopic (exact) mass is 291 g/mol. The highest BCUT2D eigenvalue weighted by Gasteiger charge is 2.54. The third-order valence-corrected chi connectivity index (χ3v) is 4.78. The lowest BCUT2D eigenvalue weighted by Crippen LogP contribution is -2.36. The van der Waals surface area contributed by atoms with Gasteiger partial charge in [-0.05, 0) is 25.0 Å². The number of hydrogen-bond donors (Lipinski definition) is 0.